The Morgan fingerprint density at radius 1 is 1.28 bits per heavy atom. The van der Waals surface area contributed by atoms with E-state index in [4.69, 9.17) is 11.5 Å². The number of amides is 1. The Balaban J connectivity index is 2.99. The minimum absolute atomic E-state index is 0.00197. The lowest BCUT2D eigenvalue weighted by Crippen LogP contribution is -2.21. The summed E-state index contributed by atoms with van der Waals surface area (Å²) in [6.07, 6.45) is 0.468. The second-order valence-corrected chi connectivity index (χ2v) is 5.98. The molecule has 1 aromatic rings. The molecule has 0 saturated carbocycles. The molecule has 18 heavy (non-hydrogen) atoms. The number of hydrogen-bond donors (Lipinski definition) is 3. The van der Waals surface area contributed by atoms with Crippen molar-refractivity contribution in [2.45, 2.75) is 41.0 Å². The van der Waals surface area contributed by atoms with Crippen LogP contribution in [0.4, 0.5) is 17.1 Å². The molecule has 0 spiro atoms. The first kappa shape index (κ1) is 14.4. The van der Waals surface area contributed by atoms with Gasteiger partial charge in [-0.2, -0.15) is 0 Å². The number of rotatable bonds is 2. The average molecular weight is 249 g/mol. The molecule has 0 fully saturated rings. The molecule has 0 radical (unpaired) electrons. The first-order valence-corrected chi connectivity index (χ1v) is 6.07. The maximum Gasteiger partial charge on any atom is 0.224 e. The number of nitrogens with two attached hydrogens (primary N) is 2. The lowest BCUT2D eigenvalue weighted by atomic mass is 9.92. The number of carbonyl (C=O) groups excluding carboxylic acids is 1. The van der Waals surface area contributed by atoms with E-state index < -0.39 is 0 Å². The van der Waals surface area contributed by atoms with E-state index in [-0.39, 0.29) is 11.3 Å². The molecule has 0 bridgehead atoms. The summed E-state index contributed by atoms with van der Waals surface area (Å²) in [4.78, 5) is 11.9. The van der Waals surface area contributed by atoms with Gasteiger partial charge in [-0.3, -0.25) is 4.79 Å². The molecule has 0 heterocycles. The van der Waals surface area contributed by atoms with Gasteiger partial charge in [-0.15, -0.1) is 0 Å². The number of anilines is 3. The van der Waals surface area contributed by atoms with Crippen molar-refractivity contribution in [2.24, 2.45) is 5.41 Å². The summed E-state index contributed by atoms with van der Waals surface area (Å²) in [7, 11) is 0. The summed E-state index contributed by atoms with van der Waals surface area (Å²) in [6, 6.07) is 1.79. The first-order valence-electron chi connectivity index (χ1n) is 6.07. The Morgan fingerprint density at radius 3 is 2.33 bits per heavy atom. The van der Waals surface area contributed by atoms with Crippen LogP contribution in [0.3, 0.4) is 0 Å². The molecular weight excluding hydrogens is 226 g/mol. The number of nitrogens with one attached hydrogen (secondary N) is 1. The molecule has 100 valence electrons. The lowest BCUT2D eigenvalue weighted by Gasteiger charge is -2.20. The van der Waals surface area contributed by atoms with Crippen LogP contribution in [0.5, 0.6) is 0 Å². The Kier molecular flexibility index (Phi) is 3.89. The normalized spacial score (nSPS) is 11.4. The zero-order valence-electron chi connectivity index (χ0n) is 11.8. The van der Waals surface area contributed by atoms with E-state index in [1.54, 1.807) is 6.07 Å². The lowest BCUT2D eigenvalue weighted by molar-refractivity contribution is -0.117. The summed E-state index contributed by atoms with van der Waals surface area (Å²) in [5.41, 5.74) is 15.2. The van der Waals surface area contributed by atoms with Crippen molar-refractivity contribution < 1.29 is 4.79 Å². The van der Waals surface area contributed by atoms with Gasteiger partial charge in [-0.25, -0.2) is 0 Å². The van der Waals surface area contributed by atoms with Gasteiger partial charge in [0.1, 0.15) is 0 Å². The van der Waals surface area contributed by atoms with Crippen molar-refractivity contribution in [3.63, 3.8) is 0 Å². The van der Waals surface area contributed by atoms with E-state index in [1.165, 1.54) is 0 Å². The number of aryl methyl sites for hydroxylation is 1. The maximum absolute atomic E-state index is 11.9. The molecule has 1 amide bonds. The molecule has 0 aromatic heterocycles. The van der Waals surface area contributed by atoms with Crippen LogP contribution in [-0.2, 0) is 4.79 Å². The van der Waals surface area contributed by atoms with Gasteiger partial charge in [0, 0.05) is 12.1 Å². The van der Waals surface area contributed by atoms with E-state index in [0.29, 0.717) is 17.8 Å². The Labute approximate surface area is 109 Å². The average Bonchev–Trinajstić information content (AvgIpc) is 2.19. The highest BCUT2D eigenvalue weighted by Crippen LogP contribution is 2.31. The SMILES string of the molecule is Cc1cc(N)c(N)c(C)c1NC(=O)CC(C)(C)C. The highest BCUT2D eigenvalue weighted by atomic mass is 16.1. The molecule has 0 aliphatic heterocycles. The van der Waals surface area contributed by atoms with Crippen LogP contribution in [0.25, 0.3) is 0 Å². The topological polar surface area (TPSA) is 81.1 Å². The minimum Gasteiger partial charge on any atom is -0.397 e. The predicted molar refractivity (Wildman–Crippen MR) is 77.4 cm³/mol. The summed E-state index contributed by atoms with van der Waals surface area (Å²) in [5.74, 6) is -0.00197. The summed E-state index contributed by atoms with van der Waals surface area (Å²) in [6.45, 7) is 9.87. The fraction of sp³-hybridized carbons (Fsp3) is 0.500. The maximum atomic E-state index is 11.9. The standard InChI is InChI=1S/C14H23N3O/c1-8-6-10(15)12(16)9(2)13(8)17-11(18)7-14(3,4)5/h6H,7,15-16H2,1-5H3,(H,17,18). The largest absolute Gasteiger partial charge is 0.397 e. The fourth-order valence-corrected chi connectivity index (χ4v) is 1.89. The Morgan fingerprint density at radius 2 is 1.83 bits per heavy atom. The summed E-state index contributed by atoms with van der Waals surface area (Å²) >= 11 is 0. The van der Waals surface area contributed by atoms with E-state index in [1.807, 2.05) is 34.6 Å². The van der Waals surface area contributed by atoms with Crippen molar-refractivity contribution in [3.05, 3.63) is 17.2 Å². The summed E-state index contributed by atoms with van der Waals surface area (Å²) in [5, 5.41) is 2.93. The van der Waals surface area contributed by atoms with Crippen LogP contribution in [0.15, 0.2) is 6.07 Å². The third-order valence-corrected chi connectivity index (χ3v) is 2.81. The quantitative estimate of drug-likeness (QED) is 0.705. The summed E-state index contributed by atoms with van der Waals surface area (Å²) < 4.78 is 0. The van der Waals surface area contributed by atoms with Gasteiger partial charge >= 0.3 is 0 Å². The third-order valence-electron chi connectivity index (χ3n) is 2.81. The number of carbonyl (C=O) groups is 1. The number of hydrogen-bond acceptors (Lipinski definition) is 3. The van der Waals surface area contributed by atoms with Crippen LogP contribution in [0.1, 0.15) is 38.3 Å². The van der Waals surface area contributed by atoms with Gasteiger partial charge in [0.2, 0.25) is 5.91 Å². The molecular formula is C14H23N3O. The second kappa shape index (κ2) is 4.88. The molecule has 0 aliphatic rings. The van der Waals surface area contributed by atoms with Gasteiger partial charge < -0.3 is 16.8 Å². The molecule has 0 atom stereocenters. The zero-order valence-corrected chi connectivity index (χ0v) is 11.8. The number of nitrogen functional groups attached to an aromatic ring is 2. The minimum atomic E-state index is -0.0365. The van der Waals surface area contributed by atoms with E-state index >= 15 is 0 Å². The van der Waals surface area contributed by atoms with Crippen molar-refractivity contribution >= 4 is 23.0 Å². The molecule has 4 nitrogen and oxygen atoms in total. The van der Waals surface area contributed by atoms with Crippen molar-refractivity contribution in [1.29, 1.82) is 0 Å². The molecule has 5 N–H and O–H groups in total. The smallest absolute Gasteiger partial charge is 0.224 e. The van der Waals surface area contributed by atoms with Crippen LogP contribution >= 0.6 is 0 Å². The Hall–Kier alpha value is -1.71. The zero-order chi connectivity index (χ0) is 14.1. The highest BCUT2D eigenvalue weighted by molar-refractivity contribution is 5.94. The monoisotopic (exact) mass is 249 g/mol. The van der Waals surface area contributed by atoms with Crippen molar-refractivity contribution in [1.82, 2.24) is 0 Å². The predicted octanol–water partition coefficient (Wildman–Crippen LogP) is 2.84. The molecule has 0 saturated heterocycles. The van der Waals surface area contributed by atoms with E-state index in [0.717, 1.165) is 16.8 Å². The molecule has 1 rings (SSSR count). The molecule has 0 unspecified atom stereocenters. The number of benzene rings is 1. The molecule has 4 heteroatoms. The fourth-order valence-electron chi connectivity index (χ4n) is 1.89. The van der Waals surface area contributed by atoms with E-state index in [9.17, 15) is 4.79 Å². The van der Waals surface area contributed by atoms with Gasteiger partial charge in [0.05, 0.1) is 11.4 Å². The van der Waals surface area contributed by atoms with Crippen molar-refractivity contribution in [3.8, 4) is 0 Å². The van der Waals surface area contributed by atoms with Gasteiger partial charge in [-0.1, -0.05) is 20.8 Å². The highest BCUT2D eigenvalue weighted by Gasteiger charge is 2.18. The first-order chi connectivity index (χ1) is 8.11. The second-order valence-electron chi connectivity index (χ2n) is 5.98. The van der Waals surface area contributed by atoms with Crippen LogP contribution in [0, 0.1) is 19.3 Å². The van der Waals surface area contributed by atoms with Gasteiger partial charge in [0.15, 0.2) is 0 Å². The van der Waals surface area contributed by atoms with Gasteiger partial charge in [0.25, 0.3) is 0 Å². The Bertz CT molecular complexity index is 473. The molecule has 0 aliphatic carbocycles. The van der Waals surface area contributed by atoms with Crippen molar-refractivity contribution in [2.75, 3.05) is 16.8 Å². The van der Waals surface area contributed by atoms with Crippen LogP contribution in [0.2, 0.25) is 0 Å². The third kappa shape index (κ3) is 3.39. The van der Waals surface area contributed by atoms with Gasteiger partial charge in [-0.05, 0) is 36.5 Å². The van der Waals surface area contributed by atoms with Crippen LogP contribution < -0.4 is 16.8 Å². The molecule has 1 aromatic carbocycles. The van der Waals surface area contributed by atoms with Crippen LogP contribution in [-0.4, -0.2) is 5.91 Å². The van der Waals surface area contributed by atoms with E-state index in [2.05, 4.69) is 5.32 Å².